The van der Waals surface area contributed by atoms with Crippen molar-refractivity contribution in [3.05, 3.63) is 46.2 Å². The monoisotopic (exact) mass is 330 g/mol. The van der Waals surface area contributed by atoms with Crippen LogP contribution in [0.15, 0.2) is 34.5 Å². The van der Waals surface area contributed by atoms with Crippen molar-refractivity contribution in [3.63, 3.8) is 0 Å². The van der Waals surface area contributed by atoms with Crippen molar-refractivity contribution in [2.75, 3.05) is 18.9 Å². The van der Waals surface area contributed by atoms with Gasteiger partial charge in [-0.1, -0.05) is 35.5 Å². The van der Waals surface area contributed by atoms with Crippen LogP contribution in [-0.4, -0.2) is 34.9 Å². The van der Waals surface area contributed by atoms with Crippen LogP contribution in [0.3, 0.4) is 0 Å². The number of ether oxygens (including phenoxy) is 1. The second-order valence-corrected chi connectivity index (χ2v) is 6.98. The zero-order chi connectivity index (χ0) is 16.6. The molecule has 0 aromatic heterocycles. The van der Waals surface area contributed by atoms with Crippen LogP contribution < -0.4 is 0 Å². The Morgan fingerprint density at radius 3 is 2.87 bits per heavy atom. The number of carbonyl (C=O) groups is 1. The lowest BCUT2D eigenvalue weighted by Crippen LogP contribution is -2.37. The maximum atomic E-state index is 12.6. The van der Waals surface area contributed by atoms with Gasteiger partial charge in [-0.25, -0.2) is 9.79 Å². The lowest BCUT2D eigenvalue weighted by atomic mass is 9.91. The molecule has 0 unspecified atom stereocenters. The van der Waals surface area contributed by atoms with Gasteiger partial charge in [0, 0.05) is 12.3 Å². The van der Waals surface area contributed by atoms with E-state index in [0.717, 1.165) is 28.7 Å². The molecule has 0 N–H and O–H groups in total. The summed E-state index contributed by atoms with van der Waals surface area (Å²) in [5.41, 5.74) is 5.03. The summed E-state index contributed by atoms with van der Waals surface area (Å²) in [4.78, 5) is 19.5. The van der Waals surface area contributed by atoms with Crippen LogP contribution in [0.5, 0.6) is 0 Å². The Hall–Kier alpha value is -1.75. The molecule has 1 aromatic rings. The van der Waals surface area contributed by atoms with E-state index in [-0.39, 0.29) is 12.0 Å². The number of benzene rings is 1. The standard InChI is InChI=1S/C18H22N2O2S/c1-5-22-17(21)15-13(4)19-18-20(8-9-23-18)16(15)14-7-6-11(2)10-12(14)3/h6-7,10,16H,5,8-9H2,1-4H3/t16-/m0/s1. The number of thioether (sulfide) groups is 1. The maximum absolute atomic E-state index is 12.6. The molecular weight excluding hydrogens is 308 g/mol. The molecule has 3 rings (SSSR count). The molecule has 1 saturated heterocycles. The van der Waals surface area contributed by atoms with E-state index >= 15 is 0 Å². The van der Waals surface area contributed by atoms with E-state index in [0.29, 0.717) is 12.2 Å². The largest absolute Gasteiger partial charge is 0.463 e. The minimum Gasteiger partial charge on any atom is -0.463 e. The molecule has 2 aliphatic rings. The lowest BCUT2D eigenvalue weighted by molar-refractivity contribution is -0.139. The van der Waals surface area contributed by atoms with E-state index in [9.17, 15) is 4.79 Å². The first-order chi connectivity index (χ1) is 11.0. The summed E-state index contributed by atoms with van der Waals surface area (Å²) in [7, 11) is 0. The van der Waals surface area contributed by atoms with Crippen LogP contribution in [0.4, 0.5) is 0 Å². The van der Waals surface area contributed by atoms with Gasteiger partial charge < -0.3 is 9.64 Å². The summed E-state index contributed by atoms with van der Waals surface area (Å²) in [6.45, 7) is 9.21. The predicted molar refractivity (Wildman–Crippen MR) is 94.6 cm³/mol. The summed E-state index contributed by atoms with van der Waals surface area (Å²) in [6, 6.07) is 6.31. The quantitative estimate of drug-likeness (QED) is 0.794. The highest BCUT2D eigenvalue weighted by Gasteiger charge is 2.39. The fraction of sp³-hybridized carbons (Fsp3) is 0.444. The van der Waals surface area contributed by atoms with E-state index in [1.807, 2.05) is 13.8 Å². The van der Waals surface area contributed by atoms with Crippen LogP contribution in [0.2, 0.25) is 0 Å². The number of carbonyl (C=O) groups excluding carboxylic acids is 1. The Morgan fingerprint density at radius 2 is 2.17 bits per heavy atom. The lowest BCUT2D eigenvalue weighted by Gasteiger charge is -2.35. The average Bonchev–Trinajstić information content (AvgIpc) is 2.94. The first-order valence-corrected chi connectivity index (χ1v) is 8.94. The summed E-state index contributed by atoms with van der Waals surface area (Å²) < 4.78 is 5.32. The topological polar surface area (TPSA) is 41.9 Å². The first-order valence-electron chi connectivity index (χ1n) is 7.96. The third-order valence-corrected chi connectivity index (χ3v) is 5.23. The van der Waals surface area contributed by atoms with Gasteiger partial charge in [0.1, 0.15) is 0 Å². The predicted octanol–water partition coefficient (Wildman–Crippen LogP) is 3.60. The number of hydrogen-bond donors (Lipinski definition) is 0. The number of fused-ring (bicyclic) bond motifs is 1. The zero-order valence-corrected chi connectivity index (χ0v) is 14.9. The number of rotatable bonds is 3. The highest BCUT2D eigenvalue weighted by molar-refractivity contribution is 8.14. The van der Waals surface area contributed by atoms with Gasteiger partial charge in [0.05, 0.1) is 23.9 Å². The van der Waals surface area contributed by atoms with Crippen LogP contribution in [-0.2, 0) is 9.53 Å². The highest BCUT2D eigenvalue weighted by atomic mass is 32.2. The molecular formula is C18H22N2O2S. The van der Waals surface area contributed by atoms with Gasteiger partial charge in [0.15, 0.2) is 5.17 Å². The third-order valence-electron chi connectivity index (χ3n) is 4.26. The van der Waals surface area contributed by atoms with Crippen LogP contribution in [0.1, 0.15) is 36.6 Å². The van der Waals surface area contributed by atoms with Gasteiger partial charge in [0.25, 0.3) is 0 Å². The van der Waals surface area contributed by atoms with Crippen molar-refractivity contribution in [1.29, 1.82) is 0 Å². The minimum atomic E-state index is -0.255. The third kappa shape index (κ3) is 2.90. The van der Waals surface area contributed by atoms with E-state index in [2.05, 4.69) is 41.9 Å². The number of nitrogens with zero attached hydrogens (tertiary/aromatic N) is 2. The summed E-state index contributed by atoms with van der Waals surface area (Å²) in [5, 5.41) is 1.01. The normalized spacial score (nSPS) is 20.4. The average molecular weight is 330 g/mol. The molecule has 1 atom stereocenters. The first kappa shape index (κ1) is 16.1. The van der Waals surface area contributed by atoms with Gasteiger partial charge in [-0.3, -0.25) is 0 Å². The molecule has 0 spiro atoms. The van der Waals surface area contributed by atoms with Crippen molar-refractivity contribution < 1.29 is 9.53 Å². The number of aryl methyl sites for hydroxylation is 2. The van der Waals surface area contributed by atoms with Gasteiger partial charge in [0.2, 0.25) is 0 Å². The molecule has 0 saturated carbocycles. The molecule has 5 heteroatoms. The smallest absolute Gasteiger partial charge is 0.338 e. The van der Waals surface area contributed by atoms with Crippen molar-refractivity contribution in [2.24, 2.45) is 4.99 Å². The van der Waals surface area contributed by atoms with Gasteiger partial charge in [-0.2, -0.15) is 0 Å². The number of allylic oxidation sites excluding steroid dienone is 1. The molecule has 0 amide bonds. The minimum absolute atomic E-state index is 0.0999. The van der Waals surface area contributed by atoms with Crippen molar-refractivity contribution in [3.8, 4) is 0 Å². The Labute approximate surface area is 141 Å². The maximum Gasteiger partial charge on any atom is 0.338 e. The van der Waals surface area contributed by atoms with E-state index in [1.165, 1.54) is 11.1 Å². The summed E-state index contributed by atoms with van der Waals surface area (Å²) >= 11 is 1.75. The van der Waals surface area contributed by atoms with Gasteiger partial charge in [-0.05, 0) is 38.8 Å². The Bertz CT molecular complexity index is 709. The molecule has 0 bridgehead atoms. The molecule has 2 aliphatic heterocycles. The van der Waals surface area contributed by atoms with Crippen LogP contribution in [0.25, 0.3) is 0 Å². The Balaban J connectivity index is 2.13. The molecule has 1 aromatic carbocycles. The van der Waals surface area contributed by atoms with Crippen molar-refractivity contribution in [1.82, 2.24) is 4.90 Å². The number of aliphatic imine (C=N–C) groups is 1. The Morgan fingerprint density at radius 1 is 1.39 bits per heavy atom. The number of amidine groups is 1. The van der Waals surface area contributed by atoms with E-state index in [1.54, 1.807) is 11.8 Å². The number of esters is 1. The number of hydrogen-bond acceptors (Lipinski definition) is 5. The van der Waals surface area contributed by atoms with Gasteiger partial charge in [-0.15, -0.1) is 0 Å². The SMILES string of the molecule is CCOC(=O)C1=C(C)N=C2SCCN2[C@H]1c1ccc(C)cc1C. The summed E-state index contributed by atoms with van der Waals surface area (Å²) in [5.74, 6) is 0.749. The van der Waals surface area contributed by atoms with Crippen LogP contribution >= 0.6 is 11.8 Å². The molecule has 23 heavy (non-hydrogen) atoms. The molecule has 1 fully saturated rings. The second kappa shape index (κ2) is 6.40. The summed E-state index contributed by atoms with van der Waals surface area (Å²) in [6.07, 6.45) is 0. The molecule has 2 heterocycles. The van der Waals surface area contributed by atoms with E-state index < -0.39 is 0 Å². The zero-order valence-electron chi connectivity index (χ0n) is 14.0. The molecule has 0 radical (unpaired) electrons. The fourth-order valence-electron chi connectivity index (χ4n) is 3.23. The molecule has 4 nitrogen and oxygen atoms in total. The molecule has 122 valence electrons. The van der Waals surface area contributed by atoms with Gasteiger partial charge >= 0.3 is 5.97 Å². The fourth-order valence-corrected chi connectivity index (χ4v) is 4.27. The van der Waals surface area contributed by atoms with Crippen molar-refractivity contribution >= 4 is 22.9 Å². The Kier molecular flexibility index (Phi) is 4.48. The van der Waals surface area contributed by atoms with Crippen molar-refractivity contribution in [2.45, 2.75) is 33.7 Å². The van der Waals surface area contributed by atoms with E-state index in [4.69, 9.17) is 4.74 Å². The highest BCUT2D eigenvalue weighted by Crippen LogP contribution is 2.41. The second-order valence-electron chi connectivity index (χ2n) is 5.92. The molecule has 0 aliphatic carbocycles. The van der Waals surface area contributed by atoms with Crippen LogP contribution in [0, 0.1) is 13.8 Å².